The first-order valence-corrected chi connectivity index (χ1v) is 13.0. The number of hydrogen-bond donors (Lipinski definition) is 0. The Morgan fingerprint density at radius 2 is 1.68 bits per heavy atom. The first-order valence-electron chi connectivity index (χ1n) is 12.3. The monoisotopic (exact) mass is 552 g/mol. The molecule has 1 unspecified atom stereocenters. The Morgan fingerprint density at radius 1 is 1.03 bits per heavy atom. The van der Waals surface area contributed by atoms with E-state index in [-0.39, 0.29) is 23.1 Å². The lowest BCUT2D eigenvalue weighted by Crippen LogP contribution is -2.31. The fraction of sp³-hybridized carbons (Fsp3) is 0.333. The maximum atomic E-state index is 13.5. The molecular formula is C30H30Cl2N2O4. The molecule has 0 saturated carbocycles. The molecule has 0 spiro atoms. The van der Waals surface area contributed by atoms with Gasteiger partial charge in [0.05, 0.1) is 28.3 Å². The summed E-state index contributed by atoms with van der Waals surface area (Å²) in [6.45, 7) is 9.34. The minimum atomic E-state index is -0.741. The third-order valence-electron chi connectivity index (χ3n) is 5.79. The van der Waals surface area contributed by atoms with Crippen LogP contribution in [0.4, 0.5) is 0 Å². The number of hydrogen-bond acceptors (Lipinski definition) is 5. The van der Waals surface area contributed by atoms with Crippen molar-refractivity contribution in [2.24, 2.45) is 5.92 Å². The number of nitrogens with zero attached hydrogens (tertiary/aromatic N) is 2. The maximum Gasteiger partial charge on any atom is 0.338 e. The summed E-state index contributed by atoms with van der Waals surface area (Å²) in [6, 6.07) is 14.1. The van der Waals surface area contributed by atoms with Gasteiger partial charge in [0.15, 0.2) is 5.78 Å². The molecule has 0 bridgehead atoms. The predicted molar refractivity (Wildman–Crippen MR) is 150 cm³/mol. The van der Waals surface area contributed by atoms with Gasteiger partial charge in [0.2, 0.25) is 0 Å². The normalized spacial score (nSPS) is 12.2. The summed E-state index contributed by atoms with van der Waals surface area (Å²) in [6.07, 6.45) is 1.97. The van der Waals surface area contributed by atoms with E-state index in [2.05, 4.69) is 6.07 Å². The number of esters is 1. The molecule has 0 aliphatic heterocycles. The van der Waals surface area contributed by atoms with E-state index in [9.17, 15) is 19.6 Å². The Hall–Kier alpha value is -3.40. The van der Waals surface area contributed by atoms with E-state index in [4.69, 9.17) is 27.9 Å². The van der Waals surface area contributed by atoms with E-state index in [1.807, 2.05) is 13.8 Å². The summed E-state index contributed by atoms with van der Waals surface area (Å²) in [7, 11) is 0. The van der Waals surface area contributed by atoms with Crippen LogP contribution in [0, 0.1) is 17.2 Å². The van der Waals surface area contributed by atoms with Gasteiger partial charge in [0.1, 0.15) is 5.60 Å². The molecule has 8 heteroatoms. The van der Waals surface area contributed by atoms with Crippen LogP contribution < -0.4 is 5.56 Å². The minimum Gasteiger partial charge on any atom is -0.456 e. The fourth-order valence-electron chi connectivity index (χ4n) is 4.07. The third-order valence-corrected chi connectivity index (χ3v) is 6.33. The number of rotatable bonds is 8. The van der Waals surface area contributed by atoms with Crippen molar-refractivity contribution in [2.75, 3.05) is 0 Å². The summed E-state index contributed by atoms with van der Waals surface area (Å²) in [5, 5.41) is 10.1. The molecule has 2 aromatic carbocycles. The van der Waals surface area contributed by atoms with E-state index >= 15 is 0 Å². The topological polar surface area (TPSA) is 89.2 Å². The van der Waals surface area contributed by atoms with E-state index in [1.165, 1.54) is 16.8 Å². The molecule has 0 fully saturated rings. The van der Waals surface area contributed by atoms with Crippen LogP contribution in [-0.2, 0) is 16.0 Å². The molecule has 1 aromatic heterocycles. The number of pyridine rings is 1. The van der Waals surface area contributed by atoms with Crippen molar-refractivity contribution in [3.8, 4) is 17.2 Å². The minimum absolute atomic E-state index is 0.0741. The van der Waals surface area contributed by atoms with Crippen molar-refractivity contribution in [3.05, 3.63) is 91.8 Å². The summed E-state index contributed by atoms with van der Waals surface area (Å²) in [5.41, 5.74) is 1.25. The molecule has 3 rings (SSSR count). The molecule has 1 atom stereocenters. The number of Topliss-reactive ketones (excluding diaryl/α,β-unsaturated/α-hetero) is 1. The zero-order valence-corrected chi connectivity index (χ0v) is 23.6. The second-order valence-electron chi connectivity index (χ2n) is 10.6. The number of carbonyl (C=O) groups excluding carboxylic acids is 2. The first kappa shape index (κ1) is 29.2. The van der Waals surface area contributed by atoms with Gasteiger partial charge in [-0.25, -0.2) is 4.79 Å². The van der Waals surface area contributed by atoms with Crippen LogP contribution >= 0.6 is 23.2 Å². The molecule has 38 heavy (non-hydrogen) atoms. The van der Waals surface area contributed by atoms with Crippen LogP contribution in [-0.4, -0.2) is 21.9 Å². The smallest absolute Gasteiger partial charge is 0.338 e. The van der Waals surface area contributed by atoms with Gasteiger partial charge in [0.25, 0.3) is 5.56 Å². The number of aromatic nitrogens is 1. The average molecular weight is 553 g/mol. The fourth-order valence-corrected chi connectivity index (χ4v) is 4.50. The summed E-state index contributed by atoms with van der Waals surface area (Å²) < 4.78 is 6.75. The van der Waals surface area contributed by atoms with Gasteiger partial charge in [0, 0.05) is 34.8 Å². The van der Waals surface area contributed by atoms with Crippen LogP contribution in [0.2, 0.25) is 10.0 Å². The Morgan fingerprint density at radius 3 is 2.26 bits per heavy atom. The van der Waals surface area contributed by atoms with Crippen LogP contribution in [0.1, 0.15) is 68.6 Å². The molecule has 0 amide bonds. The van der Waals surface area contributed by atoms with Gasteiger partial charge >= 0.3 is 5.97 Å². The highest BCUT2D eigenvalue weighted by atomic mass is 35.5. The number of halogens is 2. The molecule has 0 N–H and O–H groups in total. The van der Waals surface area contributed by atoms with Gasteiger partial charge in [-0.15, -0.1) is 0 Å². The summed E-state index contributed by atoms with van der Waals surface area (Å²) in [5.74, 6) is -0.467. The van der Waals surface area contributed by atoms with E-state index < -0.39 is 23.2 Å². The highest BCUT2D eigenvalue weighted by Crippen LogP contribution is 2.32. The molecule has 0 aliphatic rings. The quantitative estimate of drug-likeness (QED) is 0.279. The number of ketones is 1. The number of benzene rings is 2. The summed E-state index contributed by atoms with van der Waals surface area (Å²) in [4.78, 5) is 39.0. The molecule has 6 nitrogen and oxygen atoms in total. The van der Waals surface area contributed by atoms with Crippen molar-refractivity contribution >= 4 is 35.0 Å². The lowest BCUT2D eigenvalue weighted by molar-refractivity contribution is -0.122. The van der Waals surface area contributed by atoms with E-state index in [0.29, 0.717) is 39.3 Å². The van der Waals surface area contributed by atoms with Gasteiger partial charge in [-0.3, -0.25) is 9.59 Å². The van der Waals surface area contributed by atoms with E-state index in [0.717, 1.165) is 0 Å². The van der Waals surface area contributed by atoms with Crippen molar-refractivity contribution in [1.29, 1.82) is 5.26 Å². The number of carbonyl (C=O) groups is 2. The first-order chi connectivity index (χ1) is 17.8. The lowest BCUT2D eigenvalue weighted by atomic mass is 9.95. The van der Waals surface area contributed by atoms with Crippen LogP contribution in [0.25, 0.3) is 11.1 Å². The van der Waals surface area contributed by atoms with Gasteiger partial charge in [-0.1, -0.05) is 49.2 Å². The standard InChI is InChI=1S/C30H30Cl2N2O4/c1-18(2)12-26(27(35)13-19-6-8-20(9-7-19)29(37)38-30(3,4)5)34-17-25(32)24(15-28(34)36)23-14-22(31)11-10-21(23)16-33/h6-11,14-15,17-18,26H,12-13H2,1-5H3. The highest BCUT2D eigenvalue weighted by molar-refractivity contribution is 6.33. The second-order valence-corrected chi connectivity index (χ2v) is 11.4. The highest BCUT2D eigenvalue weighted by Gasteiger charge is 2.25. The summed E-state index contributed by atoms with van der Waals surface area (Å²) >= 11 is 12.7. The number of nitriles is 1. The van der Waals surface area contributed by atoms with Crippen LogP contribution in [0.15, 0.2) is 59.5 Å². The van der Waals surface area contributed by atoms with Gasteiger partial charge in [-0.05, 0) is 69.0 Å². The molecule has 198 valence electrons. The van der Waals surface area contributed by atoms with E-state index in [1.54, 1.807) is 63.2 Å². The van der Waals surface area contributed by atoms with Gasteiger partial charge in [-0.2, -0.15) is 5.26 Å². The Labute approximate surface area is 232 Å². The van der Waals surface area contributed by atoms with Crippen molar-refractivity contribution in [1.82, 2.24) is 4.57 Å². The SMILES string of the molecule is CC(C)CC(C(=O)Cc1ccc(C(=O)OC(C)(C)C)cc1)n1cc(Cl)c(-c2cc(Cl)ccc2C#N)cc1=O. The maximum absolute atomic E-state index is 13.5. The van der Waals surface area contributed by atoms with Crippen molar-refractivity contribution < 1.29 is 14.3 Å². The van der Waals surface area contributed by atoms with Crippen LogP contribution in [0.5, 0.6) is 0 Å². The third kappa shape index (κ3) is 7.34. The molecule has 0 radical (unpaired) electrons. The van der Waals surface area contributed by atoms with Crippen molar-refractivity contribution in [3.63, 3.8) is 0 Å². The van der Waals surface area contributed by atoms with Gasteiger partial charge < -0.3 is 9.30 Å². The van der Waals surface area contributed by atoms with Crippen molar-refractivity contribution in [2.45, 2.75) is 59.1 Å². The number of ether oxygens (including phenoxy) is 1. The molecule has 0 aliphatic carbocycles. The zero-order valence-electron chi connectivity index (χ0n) is 22.0. The predicted octanol–water partition coefficient (Wildman–Crippen LogP) is 7.05. The Balaban J connectivity index is 1.91. The second kappa shape index (κ2) is 12.0. The lowest BCUT2D eigenvalue weighted by Gasteiger charge is -2.22. The Bertz CT molecular complexity index is 1450. The zero-order chi connectivity index (χ0) is 28.2. The Kier molecular flexibility index (Phi) is 9.19. The van der Waals surface area contributed by atoms with Crippen LogP contribution in [0.3, 0.4) is 0 Å². The average Bonchev–Trinajstić information content (AvgIpc) is 2.83. The molecule has 0 saturated heterocycles. The largest absolute Gasteiger partial charge is 0.456 e. The molecule has 1 heterocycles. The molecular weight excluding hydrogens is 523 g/mol. The molecule has 3 aromatic rings.